The number of rotatable bonds is 2. The van der Waals surface area contributed by atoms with E-state index >= 15 is 0 Å². The number of hydrogen-bond donors (Lipinski definition) is 1. The number of amides is 1. The fourth-order valence-electron chi connectivity index (χ4n) is 1.62. The molecule has 1 N–H and O–H groups in total. The third kappa shape index (κ3) is 2.34. The van der Waals surface area contributed by atoms with E-state index in [1.165, 1.54) is 11.0 Å². The van der Waals surface area contributed by atoms with E-state index in [-0.39, 0.29) is 5.91 Å². The summed E-state index contributed by atoms with van der Waals surface area (Å²) in [6.45, 7) is 4.20. The summed E-state index contributed by atoms with van der Waals surface area (Å²) in [7, 11) is 0. The maximum atomic E-state index is 11.6. The van der Waals surface area contributed by atoms with Crippen molar-refractivity contribution in [2.45, 2.75) is 32.7 Å². The highest BCUT2D eigenvalue weighted by molar-refractivity contribution is 5.92. The molecule has 1 aliphatic rings. The Balaban J connectivity index is 2.72. The molecule has 0 aromatic carbocycles. The average Bonchev–Trinajstić information content (AvgIpc) is 2.49. The molecule has 78 valence electrons. The van der Waals surface area contributed by atoms with E-state index < -0.39 is 12.0 Å². The number of nitrogens with zero attached hydrogens (tertiary/aromatic N) is 1. The van der Waals surface area contributed by atoms with Crippen molar-refractivity contribution in [3.05, 3.63) is 11.6 Å². The van der Waals surface area contributed by atoms with Gasteiger partial charge in [0, 0.05) is 12.6 Å². The lowest BCUT2D eigenvalue weighted by Crippen LogP contribution is -2.39. The highest BCUT2D eigenvalue weighted by atomic mass is 16.4. The van der Waals surface area contributed by atoms with Gasteiger partial charge in [0.15, 0.2) is 0 Å². The van der Waals surface area contributed by atoms with Crippen LogP contribution in [-0.2, 0) is 9.59 Å². The third-order valence-corrected chi connectivity index (χ3v) is 2.23. The van der Waals surface area contributed by atoms with Crippen molar-refractivity contribution in [3.63, 3.8) is 0 Å². The first-order valence-corrected chi connectivity index (χ1v) is 4.70. The fourth-order valence-corrected chi connectivity index (χ4v) is 1.62. The van der Waals surface area contributed by atoms with Crippen molar-refractivity contribution in [1.29, 1.82) is 0 Å². The van der Waals surface area contributed by atoms with Crippen molar-refractivity contribution >= 4 is 11.9 Å². The van der Waals surface area contributed by atoms with E-state index in [1.807, 2.05) is 13.8 Å². The predicted molar refractivity (Wildman–Crippen MR) is 51.8 cm³/mol. The zero-order valence-electron chi connectivity index (χ0n) is 8.49. The van der Waals surface area contributed by atoms with Crippen LogP contribution < -0.4 is 0 Å². The number of carboxylic acid groups (broad SMARTS) is 1. The van der Waals surface area contributed by atoms with Gasteiger partial charge in [0.1, 0.15) is 6.04 Å². The second-order valence-corrected chi connectivity index (χ2v) is 3.75. The van der Waals surface area contributed by atoms with Gasteiger partial charge in [-0.2, -0.15) is 0 Å². The molecule has 1 fully saturated rings. The van der Waals surface area contributed by atoms with Crippen LogP contribution in [0.1, 0.15) is 26.7 Å². The van der Waals surface area contributed by atoms with Crippen LogP contribution in [0.25, 0.3) is 0 Å². The van der Waals surface area contributed by atoms with Gasteiger partial charge in [-0.3, -0.25) is 4.79 Å². The lowest BCUT2D eigenvalue weighted by atomic mass is 10.2. The summed E-state index contributed by atoms with van der Waals surface area (Å²) in [5.41, 5.74) is 0.894. The molecule has 1 heterocycles. The zero-order valence-corrected chi connectivity index (χ0v) is 8.49. The van der Waals surface area contributed by atoms with Crippen LogP contribution in [0.4, 0.5) is 0 Å². The van der Waals surface area contributed by atoms with E-state index in [0.717, 1.165) is 12.0 Å². The molecule has 4 heteroatoms. The van der Waals surface area contributed by atoms with E-state index in [9.17, 15) is 9.59 Å². The molecular formula is C10H15NO3. The summed E-state index contributed by atoms with van der Waals surface area (Å²) in [4.78, 5) is 23.8. The maximum Gasteiger partial charge on any atom is 0.326 e. The zero-order chi connectivity index (χ0) is 10.7. The van der Waals surface area contributed by atoms with Crippen molar-refractivity contribution in [2.24, 2.45) is 0 Å². The second kappa shape index (κ2) is 4.26. The Bertz CT molecular complexity index is 279. The Morgan fingerprint density at radius 3 is 2.57 bits per heavy atom. The Kier molecular flexibility index (Phi) is 3.28. The van der Waals surface area contributed by atoms with Crippen molar-refractivity contribution < 1.29 is 14.7 Å². The Morgan fingerprint density at radius 2 is 2.07 bits per heavy atom. The molecule has 1 aliphatic heterocycles. The third-order valence-electron chi connectivity index (χ3n) is 2.23. The highest BCUT2D eigenvalue weighted by Crippen LogP contribution is 2.18. The van der Waals surface area contributed by atoms with Crippen LogP contribution >= 0.6 is 0 Å². The first kappa shape index (κ1) is 10.8. The van der Waals surface area contributed by atoms with Gasteiger partial charge in [-0.15, -0.1) is 0 Å². The summed E-state index contributed by atoms with van der Waals surface area (Å²) in [6.07, 6.45) is 2.83. The molecule has 14 heavy (non-hydrogen) atoms. The van der Waals surface area contributed by atoms with Crippen LogP contribution in [0, 0.1) is 0 Å². The van der Waals surface area contributed by atoms with Gasteiger partial charge >= 0.3 is 5.97 Å². The predicted octanol–water partition coefficient (Wildman–Crippen LogP) is 1.03. The molecule has 0 saturated carbocycles. The van der Waals surface area contributed by atoms with Gasteiger partial charge in [-0.1, -0.05) is 5.57 Å². The van der Waals surface area contributed by atoms with E-state index in [2.05, 4.69) is 0 Å². The molecule has 0 aromatic heterocycles. The summed E-state index contributed by atoms with van der Waals surface area (Å²) < 4.78 is 0. The second-order valence-electron chi connectivity index (χ2n) is 3.75. The largest absolute Gasteiger partial charge is 0.480 e. The van der Waals surface area contributed by atoms with Gasteiger partial charge in [-0.25, -0.2) is 4.79 Å². The summed E-state index contributed by atoms with van der Waals surface area (Å²) in [6, 6.07) is -0.627. The molecule has 0 aromatic rings. The number of carbonyl (C=O) groups is 2. The lowest BCUT2D eigenvalue weighted by Gasteiger charge is -2.19. The van der Waals surface area contributed by atoms with Crippen LogP contribution in [0.15, 0.2) is 11.6 Å². The van der Waals surface area contributed by atoms with Crippen LogP contribution in [0.5, 0.6) is 0 Å². The standard InChI is InChI=1S/C10H15NO3/c1-7(2)6-9(12)11-5-3-4-8(11)10(13)14/h6,8H,3-5H2,1-2H3,(H,13,14). The molecule has 4 nitrogen and oxygen atoms in total. The van der Waals surface area contributed by atoms with Gasteiger partial charge < -0.3 is 10.0 Å². The van der Waals surface area contributed by atoms with Crippen molar-refractivity contribution in [2.75, 3.05) is 6.54 Å². The smallest absolute Gasteiger partial charge is 0.326 e. The summed E-state index contributed by atoms with van der Waals surface area (Å²) >= 11 is 0. The Morgan fingerprint density at radius 1 is 1.43 bits per heavy atom. The molecule has 1 amide bonds. The topological polar surface area (TPSA) is 57.6 Å². The van der Waals surface area contributed by atoms with Crippen LogP contribution in [-0.4, -0.2) is 34.5 Å². The van der Waals surface area contributed by atoms with Crippen molar-refractivity contribution in [3.8, 4) is 0 Å². The molecular weight excluding hydrogens is 182 g/mol. The fraction of sp³-hybridized carbons (Fsp3) is 0.600. The number of likely N-dealkylation sites (tertiary alicyclic amines) is 1. The van der Waals surface area contributed by atoms with Gasteiger partial charge in [0.25, 0.3) is 0 Å². The number of carbonyl (C=O) groups excluding carboxylic acids is 1. The van der Waals surface area contributed by atoms with Crippen LogP contribution in [0.3, 0.4) is 0 Å². The van der Waals surface area contributed by atoms with E-state index in [4.69, 9.17) is 5.11 Å². The van der Waals surface area contributed by atoms with E-state index in [1.54, 1.807) is 0 Å². The minimum absolute atomic E-state index is 0.185. The normalized spacial score (nSPS) is 20.7. The molecule has 0 spiro atoms. The molecule has 0 bridgehead atoms. The van der Waals surface area contributed by atoms with Crippen LogP contribution in [0.2, 0.25) is 0 Å². The van der Waals surface area contributed by atoms with Gasteiger partial charge in [0.2, 0.25) is 5.91 Å². The average molecular weight is 197 g/mol. The Hall–Kier alpha value is -1.32. The van der Waals surface area contributed by atoms with Crippen molar-refractivity contribution in [1.82, 2.24) is 4.90 Å². The monoisotopic (exact) mass is 197 g/mol. The first-order valence-electron chi connectivity index (χ1n) is 4.70. The number of allylic oxidation sites excluding steroid dienone is 1. The Labute approximate surface area is 83.2 Å². The quantitative estimate of drug-likeness (QED) is 0.672. The molecule has 1 atom stereocenters. The summed E-state index contributed by atoms with van der Waals surface area (Å²) in [5, 5.41) is 8.85. The molecule has 0 aliphatic carbocycles. The minimum Gasteiger partial charge on any atom is -0.480 e. The van der Waals surface area contributed by atoms with Gasteiger partial charge in [-0.05, 0) is 26.7 Å². The molecule has 0 radical (unpaired) electrons. The minimum atomic E-state index is -0.905. The number of hydrogen-bond acceptors (Lipinski definition) is 2. The van der Waals surface area contributed by atoms with Gasteiger partial charge in [0.05, 0.1) is 0 Å². The number of carboxylic acids is 1. The first-order chi connectivity index (χ1) is 6.52. The molecule has 1 saturated heterocycles. The number of aliphatic carboxylic acids is 1. The molecule has 1 rings (SSSR count). The summed E-state index contributed by atoms with van der Waals surface area (Å²) in [5.74, 6) is -1.09. The van der Waals surface area contributed by atoms with E-state index in [0.29, 0.717) is 13.0 Å². The molecule has 1 unspecified atom stereocenters. The SMILES string of the molecule is CC(C)=CC(=O)N1CCCC1C(=O)O. The highest BCUT2D eigenvalue weighted by Gasteiger charge is 2.32. The lowest BCUT2D eigenvalue weighted by molar-refractivity contribution is -0.146. The maximum absolute atomic E-state index is 11.6.